The molecule has 0 saturated carbocycles. The summed E-state index contributed by atoms with van der Waals surface area (Å²) in [6.07, 6.45) is 0.355. The monoisotopic (exact) mass is 333 g/mol. The van der Waals surface area contributed by atoms with Gasteiger partial charge in [-0.1, -0.05) is 11.6 Å². The van der Waals surface area contributed by atoms with Crippen molar-refractivity contribution in [1.82, 2.24) is 0 Å². The Bertz CT molecular complexity index is 481. The van der Waals surface area contributed by atoms with Gasteiger partial charge in [-0.15, -0.1) is 0 Å². The SMILES string of the molecule is COc1cc(Br)c(Cl)cc1N1CC(CO)CC1=O. The zero-order valence-corrected chi connectivity index (χ0v) is 12.2. The van der Waals surface area contributed by atoms with E-state index in [9.17, 15) is 4.79 Å². The highest BCUT2D eigenvalue weighted by atomic mass is 79.9. The molecule has 1 aliphatic rings. The maximum absolute atomic E-state index is 11.9. The maximum Gasteiger partial charge on any atom is 0.227 e. The lowest BCUT2D eigenvalue weighted by Gasteiger charge is -2.20. The number of anilines is 1. The van der Waals surface area contributed by atoms with E-state index in [1.165, 1.54) is 0 Å². The van der Waals surface area contributed by atoms with Crippen LogP contribution in [0.25, 0.3) is 0 Å². The smallest absolute Gasteiger partial charge is 0.227 e. The van der Waals surface area contributed by atoms with Crippen molar-refractivity contribution in [2.45, 2.75) is 6.42 Å². The Kier molecular flexibility index (Phi) is 4.14. The molecule has 0 spiro atoms. The number of rotatable bonds is 3. The molecule has 0 bridgehead atoms. The lowest BCUT2D eigenvalue weighted by molar-refractivity contribution is -0.117. The second-order valence-electron chi connectivity index (χ2n) is 4.20. The molecule has 4 nitrogen and oxygen atoms in total. The second kappa shape index (κ2) is 5.47. The zero-order valence-electron chi connectivity index (χ0n) is 9.82. The highest BCUT2D eigenvalue weighted by Crippen LogP contribution is 2.38. The van der Waals surface area contributed by atoms with Crippen molar-refractivity contribution in [2.75, 3.05) is 25.2 Å². The van der Waals surface area contributed by atoms with Gasteiger partial charge in [0.05, 0.1) is 17.8 Å². The number of methoxy groups -OCH3 is 1. The van der Waals surface area contributed by atoms with Gasteiger partial charge >= 0.3 is 0 Å². The predicted octanol–water partition coefficient (Wildman–Crippen LogP) is 2.46. The first kappa shape index (κ1) is 13.6. The molecule has 1 unspecified atom stereocenters. The summed E-state index contributed by atoms with van der Waals surface area (Å²) in [7, 11) is 1.54. The minimum Gasteiger partial charge on any atom is -0.495 e. The van der Waals surface area contributed by atoms with Crippen molar-refractivity contribution in [3.8, 4) is 5.75 Å². The molecule has 1 aromatic rings. The van der Waals surface area contributed by atoms with Crippen LogP contribution in [0.3, 0.4) is 0 Å². The number of amides is 1. The summed E-state index contributed by atoms with van der Waals surface area (Å²) in [5, 5.41) is 9.65. The van der Waals surface area contributed by atoms with Crippen LogP contribution in [0.1, 0.15) is 6.42 Å². The van der Waals surface area contributed by atoms with Crippen LogP contribution >= 0.6 is 27.5 Å². The molecule has 1 atom stereocenters. The Morgan fingerprint density at radius 3 is 2.89 bits per heavy atom. The van der Waals surface area contributed by atoms with Gasteiger partial charge in [0.1, 0.15) is 5.75 Å². The van der Waals surface area contributed by atoms with Crippen LogP contribution in [0.15, 0.2) is 16.6 Å². The Balaban J connectivity index is 2.38. The van der Waals surface area contributed by atoms with E-state index in [4.69, 9.17) is 21.4 Å². The molecule has 1 N–H and O–H groups in total. The molecular formula is C12H13BrClNO3. The number of ether oxygens (including phenoxy) is 1. The van der Waals surface area contributed by atoms with E-state index in [1.54, 1.807) is 24.1 Å². The third-order valence-corrected chi connectivity index (χ3v) is 4.17. The highest BCUT2D eigenvalue weighted by Gasteiger charge is 2.32. The van der Waals surface area contributed by atoms with Gasteiger partial charge in [-0.05, 0) is 28.1 Å². The largest absolute Gasteiger partial charge is 0.495 e. The van der Waals surface area contributed by atoms with Crippen LogP contribution in [0, 0.1) is 5.92 Å². The summed E-state index contributed by atoms with van der Waals surface area (Å²) in [6.45, 7) is 0.498. The van der Waals surface area contributed by atoms with Crippen molar-refractivity contribution < 1.29 is 14.6 Å². The number of halogens is 2. The Labute approximate surface area is 119 Å². The number of aliphatic hydroxyl groups is 1. The van der Waals surface area contributed by atoms with Crippen LogP contribution in [0.2, 0.25) is 5.02 Å². The number of carbonyl (C=O) groups excluding carboxylic acids is 1. The molecular weight excluding hydrogens is 321 g/mol. The molecule has 1 aliphatic heterocycles. The number of aliphatic hydroxyl groups excluding tert-OH is 1. The predicted molar refractivity (Wildman–Crippen MR) is 73.2 cm³/mol. The molecule has 1 saturated heterocycles. The van der Waals surface area contributed by atoms with Gasteiger partial charge < -0.3 is 14.7 Å². The van der Waals surface area contributed by atoms with Gasteiger partial charge in [0.25, 0.3) is 0 Å². The minimum atomic E-state index is -0.0235. The van der Waals surface area contributed by atoms with Gasteiger partial charge in [-0.25, -0.2) is 0 Å². The summed E-state index contributed by atoms with van der Waals surface area (Å²) in [4.78, 5) is 13.5. The van der Waals surface area contributed by atoms with E-state index < -0.39 is 0 Å². The minimum absolute atomic E-state index is 0.00875. The average Bonchev–Trinajstić information content (AvgIpc) is 2.73. The molecule has 0 radical (unpaired) electrons. The summed E-state index contributed by atoms with van der Waals surface area (Å²) >= 11 is 9.36. The standard InChI is InChI=1S/C12H13BrClNO3/c1-18-11-3-8(13)9(14)4-10(11)15-5-7(6-16)2-12(15)17/h3-4,7,16H,2,5-6H2,1H3. The van der Waals surface area contributed by atoms with Crippen molar-refractivity contribution in [3.63, 3.8) is 0 Å². The third-order valence-electron chi connectivity index (χ3n) is 2.98. The number of hydrogen-bond donors (Lipinski definition) is 1. The quantitative estimate of drug-likeness (QED) is 0.924. The summed E-state index contributed by atoms with van der Waals surface area (Å²) in [6, 6.07) is 3.43. The Morgan fingerprint density at radius 2 is 2.33 bits per heavy atom. The Morgan fingerprint density at radius 1 is 1.61 bits per heavy atom. The summed E-state index contributed by atoms with van der Waals surface area (Å²) in [5.41, 5.74) is 0.645. The van der Waals surface area contributed by atoms with Gasteiger partial charge in [-0.3, -0.25) is 4.79 Å². The van der Waals surface area contributed by atoms with E-state index in [0.717, 1.165) is 4.47 Å². The molecule has 1 aromatic carbocycles. The van der Waals surface area contributed by atoms with E-state index >= 15 is 0 Å². The molecule has 1 heterocycles. The second-order valence-corrected chi connectivity index (χ2v) is 5.46. The molecule has 1 amide bonds. The normalized spacial score (nSPS) is 19.4. The lowest BCUT2D eigenvalue weighted by atomic mass is 10.1. The number of benzene rings is 1. The van der Waals surface area contributed by atoms with Crippen molar-refractivity contribution in [1.29, 1.82) is 0 Å². The fraction of sp³-hybridized carbons (Fsp3) is 0.417. The van der Waals surface area contributed by atoms with Gasteiger partial charge in [0, 0.05) is 30.0 Å². The van der Waals surface area contributed by atoms with Crippen molar-refractivity contribution >= 4 is 39.1 Å². The molecule has 2 rings (SSSR count). The number of carbonyl (C=O) groups is 1. The first-order valence-corrected chi connectivity index (χ1v) is 6.68. The molecule has 0 aliphatic carbocycles. The van der Waals surface area contributed by atoms with Crippen LogP contribution < -0.4 is 9.64 Å². The number of hydrogen-bond acceptors (Lipinski definition) is 3. The van der Waals surface area contributed by atoms with E-state index in [0.29, 0.717) is 29.4 Å². The Hall–Kier alpha value is -0.780. The zero-order chi connectivity index (χ0) is 13.3. The van der Waals surface area contributed by atoms with Gasteiger partial charge in [-0.2, -0.15) is 0 Å². The molecule has 18 heavy (non-hydrogen) atoms. The van der Waals surface area contributed by atoms with Crippen molar-refractivity contribution in [3.05, 3.63) is 21.6 Å². The molecule has 1 fully saturated rings. The topological polar surface area (TPSA) is 49.8 Å². The maximum atomic E-state index is 11.9. The fourth-order valence-corrected chi connectivity index (χ4v) is 2.51. The lowest BCUT2D eigenvalue weighted by Crippen LogP contribution is -2.25. The first-order chi connectivity index (χ1) is 8.56. The van der Waals surface area contributed by atoms with Gasteiger partial charge in [0.2, 0.25) is 5.91 Å². The first-order valence-electron chi connectivity index (χ1n) is 5.51. The third kappa shape index (κ3) is 2.48. The molecule has 98 valence electrons. The van der Waals surface area contributed by atoms with E-state index in [1.807, 2.05) is 0 Å². The summed E-state index contributed by atoms with van der Waals surface area (Å²) < 4.78 is 5.98. The number of nitrogens with zero attached hydrogens (tertiary/aromatic N) is 1. The van der Waals surface area contributed by atoms with E-state index in [-0.39, 0.29) is 18.4 Å². The average molecular weight is 335 g/mol. The molecule has 6 heteroatoms. The van der Waals surface area contributed by atoms with Crippen LogP contribution in [0.5, 0.6) is 5.75 Å². The molecule has 0 aromatic heterocycles. The van der Waals surface area contributed by atoms with E-state index in [2.05, 4.69) is 15.9 Å². The highest BCUT2D eigenvalue weighted by molar-refractivity contribution is 9.10. The fourth-order valence-electron chi connectivity index (χ4n) is 2.03. The van der Waals surface area contributed by atoms with Crippen LogP contribution in [0.4, 0.5) is 5.69 Å². The van der Waals surface area contributed by atoms with Crippen LogP contribution in [-0.4, -0.2) is 31.3 Å². The van der Waals surface area contributed by atoms with Crippen LogP contribution in [-0.2, 0) is 4.79 Å². The van der Waals surface area contributed by atoms with Crippen molar-refractivity contribution in [2.24, 2.45) is 5.92 Å². The van der Waals surface area contributed by atoms with Gasteiger partial charge in [0.15, 0.2) is 0 Å². The summed E-state index contributed by atoms with van der Waals surface area (Å²) in [5.74, 6) is 0.536.